The molecule has 0 atom stereocenters. The first kappa shape index (κ1) is 31.6. The van der Waals surface area contributed by atoms with Crippen LogP contribution in [0.5, 0.6) is 0 Å². The fourth-order valence-corrected chi connectivity index (χ4v) is 5.30. The Morgan fingerprint density at radius 2 is 1.44 bits per heavy atom. The predicted octanol–water partition coefficient (Wildman–Crippen LogP) is 4.32. The normalized spacial score (nSPS) is 18.6. The zero-order valence-electron chi connectivity index (χ0n) is 21.3. The summed E-state index contributed by atoms with van der Waals surface area (Å²) in [5.41, 5.74) is 8.64. The maximum Gasteiger partial charge on any atom is 0.460 e. The number of aromatic carboxylic acids is 1. The minimum Gasteiger partial charge on any atom is -0.478 e. The molecule has 0 unspecified atom stereocenters. The van der Waals surface area contributed by atoms with Gasteiger partial charge in [0.1, 0.15) is 5.82 Å². The number of hydrogen-bond acceptors (Lipinski definition) is 6. The number of carbonyl (C=O) groups is 3. The molecular weight excluding hydrogens is 607 g/mol. The van der Waals surface area contributed by atoms with Crippen LogP contribution in [-0.2, 0) is 0 Å². The van der Waals surface area contributed by atoms with Crippen molar-refractivity contribution in [1.82, 2.24) is 10.3 Å². The van der Waals surface area contributed by atoms with Crippen LogP contribution in [0.1, 0.15) is 56.8 Å². The Kier molecular flexibility index (Phi) is 7.42. The van der Waals surface area contributed by atoms with E-state index in [0.29, 0.717) is 0 Å². The lowest BCUT2D eigenvalue weighted by Crippen LogP contribution is -2.63. The molecule has 2 amide bonds. The van der Waals surface area contributed by atoms with Crippen molar-refractivity contribution in [3.8, 4) is 0 Å². The van der Waals surface area contributed by atoms with Gasteiger partial charge in [-0.25, -0.2) is 4.79 Å². The van der Waals surface area contributed by atoms with Crippen LogP contribution >= 0.6 is 0 Å². The number of nitrogens with one attached hydrogen (secondary N) is 1. The number of nitrogens with zero attached hydrogens (tertiary/aromatic N) is 1. The standard InChI is InChI=1S/C25H19F9N4O5/c26-22(27,23(28,29)24(30,31)25(32,33)34)8-1-3-9(4-2-8)37-19(40)10-5-6-11-15-14(10)12(17(35)38-20(11)41)7-13(21(42)43)16(15)18(36)39/h5-9H,1-4H2,(H2,36,39)(H,37,40)(H,42,43)(H2,35,38,41). The van der Waals surface area contributed by atoms with Gasteiger partial charge in [0, 0.05) is 33.7 Å². The molecule has 9 nitrogen and oxygen atoms in total. The molecule has 0 aliphatic heterocycles. The van der Waals surface area contributed by atoms with Gasteiger partial charge in [0.2, 0.25) is 5.91 Å². The number of amides is 2. The van der Waals surface area contributed by atoms with Gasteiger partial charge in [0.05, 0.1) is 16.5 Å². The highest BCUT2D eigenvalue weighted by molar-refractivity contribution is 6.27. The molecule has 232 valence electrons. The van der Waals surface area contributed by atoms with Gasteiger partial charge < -0.3 is 21.9 Å². The molecule has 1 aromatic heterocycles. The van der Waals surface area contributed by atoms with Crippen molar-refractivity contribution in [2.75, 3.05) is 5.73 Å². The average molecular weight is 626 g/mol. The van der Waals surface area contributed by atoms with E-state index in [0.717, 1.165) is 18.2 Å². The van der Waals surface area contributed by atoms with E-state index >= 15 is 0 Å². The summed E-state index contributed by atoms with van der Waals surface area (Å²) in [5.74, 6) is -26.5. The lowest BCUT2D eigenvalue weighted by Gasteiger charge is -2.40. The average Bonchev–Trinajstić information content (AvgIpc) is 2.93. The molecule has 18 heteroatoms. The number of aromatic nitrogens is 1. The Balaban J connectivity index is 1.67. The van der Waals surface area contributed by atoms with Crippen molar-refractivity contribution in [2.24, 2.45) is 11.7 Å². The summed E-state index contributed by atoms with van der Waals surface area (Å²) in [6.07, 6.45) is -9.93. The first-order valence-corrected chi connectivity index (χ1v) is 12.2. The molecule has 6 N–H and O–H groups in total. The number of carbonyl (C=O) groups excluding carboxylic acids is 2. The maximum absolute atomic E-state index is 14.4. The van der Waals surface area contributed by atoms with Crippen LogP contribution < -0.4 is 22.3 Å². The predicted molar refractivity (Wildman–Crippen MR) is 131 cm³/mol. The summed E-state index contributed by atoms with van der Waals surface area (Å²) in [5, 5.41) is 10.9. The summed E-state index contributed by atoms with van der Waals surface area (Å²) >= 11 is 0. The molecule has 4 bridgehead atoms. The smallest absolute Gasteiger partial charge is 0.460 e. The number of carboxylic acids is 1. The number of alkyl halides is 9. The fourth-order valence-electron chi connectivity index (χ4n) is 5.30. The third kappa shape index (κ3) is 4.81. The third-order valence-corrected chi connectivity index (χ3v) is 7.48. The third-order valence-electron chi connectivity index (χ3n) is 7.48. The Bertz CT molecular complexity index is 1700. The number of carboxylic acid groups (broad SMARTS) is 1. The molecule has 0 spiro atoms. The molecule has 1 aliphatic carbocycles. The topological polar surface area (TPSA) is 165 Å². The SMILES string of the molecule is NC(=O)c1c(C(=O)O)cc2c(N)nc(=O)c3ccc(C(=O)NC4CCC(C(F)(F)C(F)(F)C(F)(F)C(F)(F)F)CC4)c2c13. The molecule has 43 heavy (non-hydrogen) atoms. The van der Waals surface area contributed by atoms with Gasteiger partial charge in [-0.1, -0.05) is 0 Å². The Labute approximate surface area is 233 Å². The van der Waals surface area contributed by atoms with Crippen LogP contribution in [0, 0.1) is 5.92 Å². The van der Waals surface area contributed by atoms with E-state index in [4.69, 9.17) is 11.5 Å². The van der Waals surface area contributed by atoms with Gasteiger partial charge in [-0.15, -0.1) is 0 Å². The summed E-state index contributed by atoms with van der Waals surface area (Å²) in [4.78, 5) is 53.7. The van der Waals surface area contributed by atoms with E-state index in [2.05, 4.69) is 10.3 Å². The van der Waals surface area contributed by atoms with E-state index < -0.39 is 102 Å². The summed E-state index contributed by atoms with van der Waals surface area (Å²) in [6, 6.07) is 1.94. The molecule has 1 aliphatic rings. The molecule has 1 fully saturated rings. The lowest BCUT2D eigenvalue weighted by atomic mass is 9.78. The Hall–Kier alpha value is -4.38. The second-order valence-corrected chi connectivity index (χ2v) is 10.0. The number of nitrogen functional groups attached to an aromatic ring is 1. The minimum absolute atomic E-state index is 0.213. The van der Waals surface area contributed by atoms with Crippen LogP contribution in [0.4, 0.5) is 45.3 Å². The van der Waals surface area contributed by atoms with Gasteiger partial charge >= 0.3 is 29.9 Å². The van der Waals surface area contributed by atoms with E-state index in [1.807, 2.05) is 0 Å². The van der Waals surface area contributed by atoms with Gasteiger partial charge in [0.15, 0.2) is 0 Å². The summed E-state index contributed by atoms with van der Waals surface area (Å²) in [6.45, 7) is 0. The monoisotopic (exact) mass is 626 g/mol. The maximum atomic E-state index is 14.4. The number of anilines is 1. The van der Waals surface area contributed by atoms with Crippen LogP contribution in [0.25, 0.3) is 21.5 Å². The molecule has 1 saturated carbocycles. The van der Waals surface area contributed by atoms with Crippen molar-refractivity contribution < 1.29 is 59.0 Å². The Morgan fingerprint density at radius 1 is 0.860 bits per heavy atom. The number of hydrogen-bond donors (Lipinski definition) is 4. The van der Waals surface area contributed by atoms with Crippen LogP contribution in [0.2, 0.25) is 0 Å². The molecular formula is C25H19F9N4O5. The first-order chi connectivity index (χ1) is 19.6. The minimum atomic E-state index is -7.01. The molecule has 2 aromatic carbocycles. The van der Waals surface area contributed by atoms with E-state index in [1.54, 1.807) is 0 Å². The zero-order valence-corrected chi connectivity index (χ0v) is 21.3. The second kappa shape index (κ2) is 10.1. The quantitative estimate of drug-likeness (QED) is 0.284. The second-order valence-electron chi connectivity index (χ2n) is 10.0. The van der Waals surface area contributed by atoms with Gasteiger partial charge in [-0.2, -0.15) is 44.5 Å². The van der Waals surface area contributed by atoms with E-state index in [-0.39, 0.29) is 27.1 Å². The fraction of sp³-hybridized carbons (Fsp3) is 0.400. The highest BCUT2D eigenvalue weighted by atomic mass is 19.4. The van der Waals surface area contributed by atoms with Crippen LogP contribution in [0.15, 0.2) is 23.0 Å². The summed E-state index contributed by atoms with van der Waals surface area (Å²) < 4.78 is 121. The van der Waals surface area contributed by atoms with Gasteiger partial charge in [0.25, 0.3) is 11.5 Å². The van der Waals surface area contributed by atoms with Crippen LogP contribution in [0.3, 0.4) is 0 Å². The van der Waals surface area contributed by atoms with Gasteiger partial charge in [-0.3, -0.25) is 14.4 Å². The number of benzene rings is 2. The number of nitrogens with two attached hydrogens (primary N) is 2. The highest BCUT2D eigenvalue weighted by Gasteiger charge is 2.82. The number of primary amides is 1. The summed E-state index contributed by atoms with van der Waals surface area (Å²) in [7, 11) is 0. The molecule has 0 radical (unpaired) electrons. The highest BCUT2D eigenvalue weighted by Crippen LogP contribution is 2.57. The van der Waals surface area contributed by atoms with Crippen LogP contribution in [-0.4, -0.2) is 57.9 Å². The van der Waals surface area contributed by atoms with E-state index in [1.165, 1.54) is 0 Å². The largest absolute Gasteiger partial charge is 0.478 e. The molecule has 1 heterocycles. The first-order valence-electron chi connectivity index (χ1n) is 12.2. The van der Waals surface area contributed by atoms with Crippen molar-refractivity contribution in [3.63, 3.8) is 0 Å². The molecule has 3 aromatic rings. The Morgan fingerprint density at radius 3 is 1.95 bits per heavy atom. The van der Waals surface area contributed by atoms with Gasteiger partial charge in [-0.05, 0) is 43.9 Å². The molecule has 0 saturated heterocycles. The number of halogens is 9. The number of rotatable bonds is 7. The van der Waals surface area contributed by atoms with Crippen molar-refractivity contribution >= 4 is 45.1 Å². The van der Waals surface area contributed by atoms with E-state index in [9.17, 15) is 63.8 Å². The zero-order chi connectivity index (χ0) is 32.4. The van der Waals surface area contributed by atoms with Crippen molar-refractivity contribution in [3.05, 3.63) is 45.2 Å². The van der Waals surface area contributed by atoms with Crippen molar-refractivity contribution in [2.45, 2.75) is 55.7 Å². The molecule has 4 rings (SSSR count). The lowest BCUT2D eigenvalue weighted by molar-refractivity contribution is -0.404. The van der Waals surface area contributed by atoms with Crippen molar-refractivity contribution in [1.29, 1.82) is 0 Å².